The molecule has 1 amide bonds. The van der Waals surface area contributed by atoms with Crippen LogP contribution in [0.3, 0.4) is 0 Å². The minimum Gasteiger partial charge on any atom is -0.354 e. The summed E-state index contributed by atoms with van der Waals surface area (Å²) in [5.74, 6) is 0.845. The lowest BCUT2D eigenvalue weighted by atomic mass is 10.0. The molecule has 1 atom stereocenters. The highest BCUT2D eigenvalue weighted by Crippen LogP contribution is 2.24. The number of halogens is 2. The van der Waals surface area contributed by atoms with Crippen LogP contribution < -0.4 is 11.1 Å². The van der Waals surface area contributed by atoms with Crippen molar-refractivity contribution in [1.82, 2.24) is 14.9 Å². The number of amides is 1. The number of carbonyl (C=O) groups is 1. The average molecular weight is 393 g/mol. The van der Waals surface area contributed by atoms with E-state index in [2.05, 4.69) is 14.9 Å². The molecule has 0 saturated carbocycles. The van der Waals surface area contributed by atoms with E-state index in [1.165, 1.54) is 0 Å². The Balaban J connectivity index is 0.00000264. The first-order valence-corrected chi connectivity index (χ1v) is 8.58. The van der Waals surface area contributed by atoms with E-state index in [0.29, 0.717) is 13.0 Å². The van der Waals surface area contributed by atoms with Gasteiger partial charge in [0.1, 0.15) is 5.82 Å². The summed E-state index contributed by atoms with van der Waals surface area (Å²) in [7, 11) is 2.00. The molecular weight excluding hydrogens is 367 g/mol. The van der Waals surface area contributed by atoms with Crippen LogP contribution in [0, 0.1) is 0 Å². The van der Waals surface area contributed by atoms with E-state index in [9.17, 15) is 4.79 Å². The second-order valence-corrected chi connectivity index (χ2v) is 7.36. The van der Waals surface area contributed by atoms with Gasteiger partial charge >= 0.3 is 0 Å². The third kappa shape index (κ3) is 5.02. The minimum atomic E-state index is -0.525. The third-order valence-electron chi connectivity index (χ3n) is 4.09. The standard InChI is InChI=1S/C16H24N4OS.2ClH/c1-16(2,22-4)14(17)15(21)18-10-9-13-19-11-7-5-6-8-12(11)20(13)3;;/h5-8,14H,9-10,17H2,1-4H3,(H,18,21);2*1H/t14-;;/m1../s1. The van der Waals surface area contributed by atoms with Gasteiger partial charge in [0.2, 0.25) is 5.91 Å². The highest BCUT2D eigenvalue weighted by molar-refractivity contribution is 8.00. The van der Waals surface area contributed by atoms with Crippen molar-refractivity contribution in [2.24, 2.45) is 12.8 Å². The van der Waals surface area contributed by atoms with Crippen molar-refractivity contribution in [2.75, 3.05) is 12.8 Å². The Labute approximate surface area is 160 Å². The predicted molar refractivity (Wildman–Crippen MR) is 107 cm³/mol. The number of thioether (sulfide) groups is 1. The van der Waals surface area contributed by atoms with Crippen LogP contribution in [0.15, 0.2) is 24.3 Å². The molecular formula is C16H26Cl2N4OS. The molecule has 1 aromatic heterocycles. The molecule has 5 nitrogen and oxygen atoms in total. The first-order chi connectivity index (χ1) is 10.4. The van der Waals surface area contributed by atoms with E-state index in [4.69, 9.17) is 5.73 Å². The largest absolute Gasteiger partial charge is 0.354 e. The van der Waals surface area contributed by atoms with Crippen LogP contribution in [0.2, 0.25) is 0 Å². The molecule has 2 aromatic rings. The zero-order valence-electron chi connectivity index (χ0n) is 14.4. The molecule has 0 aliphatic carbocycles. The maximum Gasteiger partial charge on any atom is 0.238 e. The number of benzene rings is 1. The molecule has 0 radical (unpaired) electrons. The molecule has 1 aromatic carbocycles. The molecule has 0 aliphatic heterocycles. The number of nitrogens with two attached hydrogens (primary N) is 1. The Morgan fingerprint density at radius 1 is 1.38 bits per heavy atom. The number of nitrogens with zero attached hydrogens (tertiary/aromatic N) is 2. The molecule has 2 rings (SSSR count). The van der Waals surface area contributed by atoms with Crippen LogP contribution in [0.1, 0.15) is 19.7 Å². The molecule has 0 fully saturated rings. The lowest BCUT2D eigenvalue weighted by molar-refractivity contribution is -0.122. The SMILES string of the molecule is CSC(C)(C)[C@H](N)C(=O)NCCc1nc2ccccc2n1C.Cl.Cl. The van der Waals surface area contributed by atoms with Crippen molar-refractivity contribution in [3.05, 3.63) is 30.1 Å². The van der Waals surface area contributed by atoms with Crippen molar-refractivity contribution in [3.8, 4) is 0 Å². The minimum absolute atomic E-state index is 0. The second kappa shape index (κ2) is 9.51. The maximum absolute atomic E-state index is 12.1. The van der Waals surface area contributed by atoms with Gasteiger partial charge in [-0.05, 0) is 32.2 Å². The molecule has 0 saturated heterocycles. The normalized spacial score (nSPS) is 12.2. The number of aryl methyl sites for hydroxylation is 1. The molecule has 0 spiro atoms. The van der Waals surface area contributed by atoms with Gasteiger partial charge in [0.05, 0.1) is 17.1 Å². The Morgan fingerprint density at radius 2 is 2.00 bits per heavy atom. The fraction of sp³-hybridized carbons (Fsp3) is 0.500. The summed E-state index contributed by atoms with van der Waals surface area (Å²) in [6.07, 6.45) is 2.65. The smallest absolute Gasteiger partial charge is 0.238 e. The summed E-state index contributed by atoms with van der Waals surface area (Å²) in [5, 5.41) is 2.91. The molecule has 0 bridgehead atoms. The highest BCUT2D eigenvalue weighted by atomic mass is 35.5. The van der Waals surface area contributed by atoms with Gasteiger partial charge in [-0.3, -0.25) is 4.79 Å². The zero-order chi connectivity index (χ0) is 16.3. The fourth-order valence-electron chi connectivity index (χ4n) is 2.27. The van der Waals surface area contributed by atoms with E-state index in [1.54, 1.807) is 11.8 Å². The molecule has 0 unspecified atom stereocenters. The van der Waals surface area contributed by atoms with Crippen LogP contribution in [0.5, 0.6) is 0 Å². The summed E-state index contributed by atoms with van der Waals surface area (Å²) in [5.41, 5.74) is 8.10. The van der Waals surface area contributed by atoms with Gasteiger partial charge in [-0.15, -0.1) is 24.8 Å². The van der Waals surface area contributed by atoms with Crippen LogP contribution >= 0.6 is 36.6 Å². The van der Waals surface area contributed by atoms with Gasteiger partial charge in [-0.2, -0.15) is 11.8 Å². The molecule has 136 valence electrons. The quantitative estimate of drug-likeness (QED) is 0.791. The summed E-state index contributed by atoms with van der Waals surface area (Å²) in [6.45, 7) is 4.49. The Bertz CT molecular complexity index is 675. The summed E-state index contributed by atoms with van der Waals surface area (Å²) in [6, 6.07) is 7.49. The predicted octanol–water partition coefficient (Wildman–Crippen LogP) is 2.54. The van der Waals surface area contributed by atoms with Crippen molar-refractivity contribution in [3.63, 3.8) is 0 Å². The number of nitrogens with one attached hydrogen (secondary N) is 1. The van der Waals surface area contributed by atoms with E-state index in [-0.39, 0.29) is 35.5 Å². The number of fused-ring (bicyclic) bond motifs is 1. The van der Waals surface area contributed by atoms with Gasteiger partial charge in [0.15, 0.2) is 0 Å². The topological polar surface area (TPSA) is 72.9 Å². The van der Waals surface area contributed by atoms with Crippen molar-refractivity contribution in [1.29, 1.82) is 0 Å². The van der Waals surface area contributed by atoms with Gasteiger partial charge in [0, 0.05) is 24.8 Å². The van der Waals surface area contributed by atoms with Gasteiger partial charge in [0.25, 0.3) is 0 Å². The van der Waals surface area contributed by atoms with Crippen molar-refractivity contribution in [2.45, 2.75) is 31.1 Å². The highest BCUT2D eigenvalue weighted by Gasteiger charge is 2.30. The fourth-order valence-corrected chi connectivity index (χ4v) is 2.63. The Hall–Kier alpha value is -0.950. The number of imidazole rings is 1. The number of hydrogen-bond acceptors (Lipinski definition) is 4. The maximum atomic E-state index is 12.1. The number of rotatable bonds is 6. The van der Waals surface area contributed by atoms with E-state index in [1.807, 2.05) is 51.4 Å². The van der Waals surface area contributed by atoms with Gasteiger partial charge in [-0.25, -0.2) is 4.98 Å². The number of carbonyl (C=O) groups excluding carboxylic acids is 1. The lowest BCUT2D eigenvalue weighted by Gasteiger charge is -2.28. The van der Waals surface area contributed by atoms with Crippen LogP contribution in [-0.4, -0.2) is 39.0 Å². The molecule has 3 N–H and O–H groups in total. The van der Waals surface area contributed by atoms with E-state index < -0.39 is 6.04 Å². The molecule has 1 heterocycles. The lowest BCUT2D eigenvalue weighted by Crippen LogP contribution is -2.52. The summed E-state index contributed by atoms with van der Waals surface area (Å²) >= 11 is 1.60. The zero-order valence-corrected chi connectivity index (χ0v) is 16.9. The van der Waals surface area contributed by atoms with E-state index >= 15 is 0 Å². The number of aromatic nitrogens is 2. The Kier molecular flexibility index (Phi) is 9.14. The first kappa shape index (κ1) is 23.1. The monoisotopic (exact) mass is 392 g/mol. The number of hydrogen-bond donors (Lipinski definition) is 2. The summed E-state index contributed by atoms with van der Waals surface area (Å²) in [4.78, 5) is 16.7. The van der Waals surface area contributed by atoms with Crippen LogP contribution in [0.4, 0.5) is 0 Å². The second-order valence-electron chi connectivity index (χ2n) is 5.90. The van der Waals surface area contributed by atoms with Gasteiger partial charge in [-0.1, -0.05) is 12.1 Å². The Morgan fingerprint density at radius 3 is 2.58 bits per heavy atom. The third-order valence-corrected chi connectivity index (χ3v) is 5.39. The van der Waals surface area contributed by atoms with Crippen LogP contribution in [-0.2, 0) is 18.3 Å². The first-order valence-electron chi connectivity index (χ1n) is 7.35. The number of para-hydroxylation sites is 2. The average Bonchev–Trinajstić information content (AvgIpc) is 2.83. The van der Waals surface area contributed by atoms with Gasteiger partial charge < -0.3 is 15.6 Å². The molecule has 24 heavy (non-hydrogen) atoms. The van der Waals surface area contributed by atoms with E-state index in [0.717, 1.165) is 16.9 Å². The van der Waals surface area contributed by atoms with Crippen molar-refractivity contribution < 1.29 is 4.79 Å². The van der Waals surface area contributed by atoms with Crippen molar-refractivity contribution >= 4 is 53.5 Å². The molecule has 8 heteroatoms. The van der Waals surface area contributed by atoms with Crippen LogP contribution in [0.25, 0.3) is 11.0 Å². The molecule has 0 aliphatic rings. The summed E-state index contributed by atoms with van der Waals surface area (Å²) < 4.78 is 1.79.